The molecular formula is C19H24N4O2. The SMILES string of the molecule is CC(O)(CC(=O)NC1CCN(c2ncccn2)CC1)c1ccccc1. The second kappa shape index (κ2) is 7.61. The van der Waals surface area contributed by atoms with E-state index in [0.717, 1.165) is 37.4 Å². The molecule has 0 spiro atoms. The molecule has 1 fully saturated rings. The van der Waals surface area contributed by atoms with Crippen LogP contribution in [-0.2, 0) is 10.4 Å². The number of anilines is 1. The van der Waals surface area contributed by atoms with Crippen molar-refractivity contribution in [3.05, 3.63) is 54.4 Å². The number of aliphatic hydroxyl groups is 1. The van der Waals surface area contributed by atoms with Gasteiger partial charge in [0.1, 0.15) is 0 Å². The first-order chi connectivity index (χ1) is 12.0. The van der Waals surface area contributed by atoms with Crippen LogP contribution in [0.5, 0.6) is 0 Å². The molecule has 2 N–H and O–H groups in total. The van der Waals surface area contributed by atoms with Gasteiger partial charge in [-0.1, -0.05) is 30.3 Å². The third kappa shape index (κ3) is 4.54. The lowest BCUT2D eigenvalue weighted by Gasteiger charge is -2.33. The number of rotatable bonds is 5. The van der Waals surface area contributed by atoms with Crippen molar-refractivity contribution in [2.24, 2.45) is 0 Å². The second-order valence-electron chi connectivity index (χ2n) is 6.69. The van der Waals surface area contributed by atoms with Crippen molar-refractivity contribution >= 4 is 11.9 Å². The molecule has 132 valence electrons. The Labute approximate surface area is 147 Å². The summed E-state index contributed by atoms with van der Waals surface area (Å²) < 4.78 is 0. The summed E-state index contributed by atoms with van der Waals surface area (Å²) >= 11 is 0. The number of hydrogen-bond acceptors (Lipinski definition) is 5. The van der Waals surface area contributed by atoms with Gasteiger partial charge in [0.25, 0.3) is 0 Å². The van der Waals surface area contributed by atoms with Gasteiger partial charge in [0.05, 0.1) is 12.0 Å². The predicted molar refractivity (Wildman–Crippen MR) is 96.0 cm³/mol. The number of piperidine rings is 1. The Morgan fingerprint density at radius 1 is 1.20 bits per heavy atom. The van der Waals surface area contributed by atoms with Crippen molar-refractivity contribution in [2.75, 3.05) is 18.0 Å². The number of benzene rings is 1. The Hall–Kier alpha value is -2.47. The largest absolute Gasteiger partial charge is 0.385 e. The number of hydrogen-bond donors (Lipinski definition) is 2. The highest BCUT2D eigenvalue weighted by molar-refractivity contribution is 5.77. The Morgan fingerprint density at radius 2 is 1.84 bits per heavy atom. The van der Waals surface area contributed by atoms with E-state index >= 15 is 0 Å². The quantitative estimate of drug-likeness (QED) is 0.869. The molecule has 2 aromatic rings. The maximum atomic E-state index is 12.3. The van der Waals surface area contributed by atoms with Gasteiger partial charge in [-0.25, -0.2) is 9.97 Å². The van der Waals surface area contributed by atoms with Gasteiger partial charge in [-0.3, -0.25) is 4.79 Å². The van der Waals surface area contributed by atoms with E-state index in [-0.39, 0.29) is 18.4 Å². The smallest absolute Gasteiger partial charge is 0.225 e. The van der Waals surface area contributed by atoms with E-state index in [1.807, 2.05) is 30.3 Å². The molecule has 6 nitrogen and oxygen atoms in total. The minimum Gasteiger partial charge on any atom is -0.385 e. The molecule has 1 aromatic heterocycles. The third-order valence-corrected chi connectivity index (χ3v) is 4.60. The summed E-state index contributed by atoms with van der Waals surface area (Å²) in [6, 6.07) is 11.2. The van der Waals surface area contributed by atoms with Gasteiger partial charge < -0.3 is 15.3 Å². The van der Waals surface area contributed by atoms with E-state index < -0.39 is 5.60 Å². The number of aromatic nitrogens is 2. The van der Waals surface area contributed by atoms with Gasteiger partial charge in [-0.05, 0) is 31.4 Å². The number of carbonyl (C=O) groups excluding carboxylic acids is 1. The van der Waals surface area contributed by atoms with Crippen LogP contribution in [0.2, 0.25) is 0 Å². The molecule has 1 aliphatic rings. The van der Waals surface area contributed by atoms with Crippen molar-refractivity contribution in [1.82, 2.24) is 15.3 Å². The summed E-state index contributed by atoms with van der Waals surface area (Å²) in [5.74, 6) is 0.613. The summed E-state index contributed by atoms with van der Waals surface area (Å²) in [7, 11) is 0. The number of carbonyl (C=O) groups is 1. The van der Waals surface area contributed by atoms with E-state index in [4.69, 9.17) is 0 Å². The van der Waals surface area contributed by atoms with E-state index in [9.17, 15) is 9.90 Å². The molecule has 0 radical (unpaired) electrons. The van der Waals surface area contributed by atoms with Crippen LogP contribution in [0.1, 0.15) is 31.7 Å². The summed E-state index contributed by atoms with van der Waals surface area (Å²) in [6.07, 6.45) is 5.22. The highest BCUT2D eigenvalue weighted by atomic mass is 16.3. The zero-order chi connectivity index (χ0) is 17.7. The van der Waals surface area contributed by atoms with Crippen LogP contribution in [-0.4, -0.2) is 40.1 Å². The lowest BCUT2D eigenvalue weighted by Crippen LogP contribution is -2.46. The first-order valence-electron chi connectivity index (χ1n) is 8.64. The molecule has 1 aromatic carbocycles. The first-order valence-corrected chi connectivity index (χ1v) is 8.64. The molecule has 1 unspecified atom stereocenters. The number of nitrogens with zero attached hydrogens (tertiary/aromatic N) is 3. The van der Waals surface area contributed by atoms with E-state index in [2.05, 4.69) is 20.2 Å². The lowest BCUT2D eigenvalue weighted by molar-refractivity contribution is -0.126. The average molecular weight is 340 g/mol. The Kier molecular flexibility index (Phi) is 5.28. The number of nitrogens with one attached hydrogen (secondary N) is 1. The third-order valence-electron chi connectivity index (χ3n) is 4.60. The zero-order valence-electron chi connectivity index (χ0n) is 14.4. The Morgan fingerprint density at radius 3 is 2.48 bits per heavy atom. The minimum absolute atomic E-state index is 0.0546. The summed E-state index contributed by atoms with van der Waals surface area (Å²) in [5.41, 5.74) is -0.412. The lowest BCUT2D eigenvalue weighted by atomic mass is 9.92. The second-order valence-corrected chi connectivity index (χ2v) is 6.69. The molecule has 1 aliphatic heterocycles. The molecule has 2 heterocycles. The first kappa shape index (κ1) is 17.4. The van der Waals surface area contributed by atoms with Crippen LogP contribution < -0.4 is 10.2 Å². The fourth-order valence-corrected chi connectivity index (χ4v) is 3.17. The Bertz CT molecular complexity index is 683. The summed E-state index contributed by atoms with van der Waals surface area (Å²) in [6.45, 7) is 3.30. The highest BCUT2D eigenvalue weighted by Gasteiger charge is 2.28. The van der Waals surface area contributed by atoms with Crippen LogP contribution in [0.25, 0.3) is 0 Å². The molecule has 1 saturated heterocycles. The molecule has 6 heteroatoms. The predicted octanol–water partition coefficient (Wildman–Crippen LogP) is 1.86. The van der Waals surface area contributed by atoms with Crippen molar-refractivity contribution in [3.8, 4) is 0 Å². The van der Waals surface area contributed by atoms with E-state index in [1.165, 1.54) is 0 Å². The molecule has 1 atom stereocenters. The van der Waals surface area contributed by atoms with Crippen molar-refractivity contribution in [1.29, 1.82) is 0 Å². The Balaban J connectivity index is 1.50. The van der Waals surface area contributed by atoms with E-state index in [1.54, 1.807) is 25.4 Å². The van der Waals surface area contributed by atoms with Crippen LogP contribution in [0, 0.1) is 0 Å². The van der Waals surface area contributed by atoms with Gasteiger partial charge >= 0.3 is 0 Å². The van der Waals surface area contributed by atoms with Crippen LogP contribution in [0.15, 0.2) is 48.8 Å². The number of amides is 1. The summed E-state index contributed by atoms with van der Waals surface area (Å²) in [5, 5.41) is 13.6. The van der Waals surface area contributed by atoms with E-state index in [0.29, 0.717) is 0 Å². The topological polar surface area (TPSA) is 78.4 Å². The molecule has 0 bridgehead atoms. The zero-order valence-corrected chi connectivity index (χ0v) is 14.4. The average Bonchev–Trinajstić information content (AvgIpc) is 2.63. The van der Waals surface area contributed by atoms with Crippen molar-refractivity contribution in [3.63, 3.8) is 0 Å². The molecule has 0 aliphatic carbocycles. The van der Waals surface area contributed by atoms with Gasteiger partial charge in [0.2, 0.25) is 11.9 Å². The maximum Gasteiger partial charge on any atom is 0.225 e. The van der Waals surface area contributed by atoms with Gasteiger partial charge in [-0.2, -0.15) is 0 Å². The monoisotopic (exact) mass is 340 g/mol. The molecular weight excluding hydrogens is 316 g/mol. The maximum absolute atomic E-state index is 12.3. The van der Waals surface area contributed by atoms with Crippen molar-refractivity contribution in [2.45, 2.75) is 37.8 Å². The standard InChI is InChI=1S/C19H24N4O2/c1-19(25,15-6-3-2-4-7-15)14-17(24)22-16-8-12-23(13-9-16)18-20-10-5-11-21-18/h2-7,10-11,16,25H,8-9,12-14H2,1H3,(H,22,24). The van der Waals surface area contributed by atoms with Crippen molar-refractivity contribution < 1.29 is 9.90 Å². The molecule has 1 amide bonds. The minimum atomic E-state index is -1.16. The molecule has 3 rings (SSSR count). The van der Waals surface area contributed by atoms with Gasteiger partial charge in [0, 0.05) is 31.5 Å². The van der Waals surface area contributed by atoms with Crippen LogP contribution in [0.3, 0.4) is 0 Å². The highest BCUT2D eigenvalue weighted by Crippen LogP contribution is 2.24. The van der Waals surface area contributed by atoms with Crippen LogP contribution in [0.4, 0.5) is 5.95 Å². The summed E-state index contributed by atoms with van der Waals surface area (Å²) in [4.78, 5) is 23.0. The fraction of sp³-hybridized carbons (Fsp3) is 0.421. The normalized spacial score (nSPS) is 17.8. The molecule has 0 saturated carbocycles. The van der Waals surface area contributed by atoms with Crippen LogP contribution >= 0.6 is 0 Å². The van der Waals surface area contributed by atoms with Gasteiger partial charge in [0.15, 0.2) is 0 Å². The van der Waals surface area contributed by atoms with Gasteiger partial charge in [-0.15, -0.1) is 0 Å². The fourth-order valence-electron chi connectivity index (χ4n) is 3.17. The molecule has 25 heavy (non-hydrogen) atoms.